The highest BCUT2D eigenvalue weighted by Crippen LogP contribution is 2.15. The molecule has 0 fully saturated rings. The van der Waals surface area contributed by atoms with Gasteiger partial charge in [0.2, 0.25) is 0 Å². The minimum Gasteiger partial charge on any atom is -0.508 e. The Morgan fingerprint density at radius 2 is 1.39 bits per heavy atom. The summed E-state index contributed by atoms with van der Waals surface area (Å²) in [5.74, 6) is 0.577. The van der Waals surface area contributed by atoms with Crippen molar-refractivity contribution in [3.05, 3.63) is 72.8 Å². The number of para-hydroxylation sites is 1. The average molecular weight is 240 g/mol. The van der Waals surface area contributed by atoms with Gasteiger partial charge in [0.1, 0.15) is 11.5 Å². The number of hydrogen-bond donors (Lipinski definition) is 2. The Morgan fingerprint density at radius 3 is 1.83 bits per heavy atom. The van der Waals surface area contributed by atoms with Crippen LogP contribution in [-0.4, -0.2) is 10.2 Å². The van der Waals surface area contributed by atoms with Gasteiger partial charge in [-0.15, -0.1) is 0 Å². The summed E-state index contributed by atoms with van der Waals surface area (Å²) < 4.78 is 0. The van der Waals surface area contributed by atoms with Crippen LogP contribution in [0.25, 0.3) is 12.2 Å². The van der Waals surface area contributed by atoms with Crippen LogP contribution in [0.4, 0.5) is 0 Å². The highest BCUT2D eigenvalue weighted by atomic mass is 16.3. The summed E-state index contributed by atoms with van der Waals surface area (Å²) in [4.78, 5) is 0. The molecule has 2 N–H and O–H groups in total. The topological polar surface area (TPSA) is 40.5 Å². The van der Waals surface area contributed by atoms with Gasteiger partial charge in [0, 0.05) is 5.56 Å². The summed E-state index contributed by atoms with van der Waals surface area (Å²) in [6, 6.07) is 14.0. The highest BCUT2D eigenvalue weighted by molar-refractivity contribution is 5.54. The van der Waals surface area contributed by atoms with Crippen molar-refractivity contribution >= 4 is 12.2 Å². The molecule has 2 rings (SSSR count). The first-order valence-corrected chi connectivity index (χ1v) is 5.49. The zero-order chi connectivity index (χ0) is 13.4. The van der Waals surface area contributed by atoms with E-state index in [0.717, 1.165) is 11.1 Å². The van der Waals surface area contributed by atoms with Gasteiger partial charge in [-0.2, -0.15) is 0 Å². The molecular weight excluding hydrogens is 224 g/mol. The number of phenolic OH excluding ortho intramolecular Hbond substituents is 2. The lowest BCUT2D eigenvalue weighted by Gasteiger charge is -1.93. The summed E-state index contributed by atoms with van der Waals surface area (Å²) in [5.41, 5.74) is 1.80. The number of phenols is 2. The normalized spacial score (nSPS) is 8.89. The van der Waals surface area contributed by atoms with Gasteiger partial charge in [-0.25, -0.2) is 0 Å². The first-order valence-electron chi connectivity index (χ1n) is 5.49. The van der Waals surface area contributed by atoms with Gasteiger partial charge in [0.05, 0.1) is 0 Å². The summed E-state index contributed by atoms with van der Waals surface area (Å²) in [5, 5.41) is 17.9. The molecule has 0 bridgehead atoms. The van der Waals surface area contributed by atoms with Crippen molar-refractivity contribution in [1.29, 1.82) is 0 Å². The zero-order valence-corrected chi connectivity index (χ0v) is 10.1. The van der Waals surface area contributed by atoms with E-state index in [9.17, 15) is 0 Å². The lowest BCUT2D eigenvalue weighted by molar-refractivity contribution is 0.474. The van der Waals surface area contributed by atoms with Crippen molar-refractivity contribution in [1.82, 2.24) is 0 Å². The van der Waals surface area contributed by atoms with Crippen LogP contribution in [-0.2, 0) is 0 Å². The van der Waals surface area contributed by atoms with Crippen molar-refractivity contribution < 1.29 is 10.2 Å². The second-order valence-electron chi connectivity index (χ2n) is 3.56. The number of benzene rings is 2. The molecule has 2 aromatic rings. The Labute approximate surface area is 107 Å². The second kappa shape index (κ2) is 6.97. The van der Waals surface area contributed by atoms with Crippen LogP contribution < -0.4 is 0 Å². The fraction of sp³-hybridized carbons (Fsp3) is 0. The van der Waals surface area contributed by atoms with Crippen LogP contribution in [0.15, 0.2) is 61.7 Å². The molecule has 0 aromatic heterocycles. The van der Waals surface area contributed by atoms with E-state index >= 15 is 0 Å². The third-order valence-electron chi connectivity index (χ3n) is 2.29. The third-order valence-corrected chi connectivity index (χ3v) is 2.29. The summed E-state index contributed by atoms with van der Waals surface area (Å²) in [6.45, 7) is 7.11. The van der Waals surface area contributed by atoms with Crippen molar-refractivity contribution in [2.45, 2.75) is 0 Å². The first kappa shape index (κ1) is 13.6. The monoisotopic (exact) mass is 240 g/mol. The lowest BCUT2D eigenvalue weighted by atomic mass is 10.2. The smallest absolute Gasteiger partial charge is 0.122 e. The van der Waals surface area contributed by atoms with Gasteiger partial charge in [-0.1, -0.05) is 55.6 Å². The summed E-state index contributed by atoms with van der Waals surface area (Å²) >= 11 is 0. The molecule has 0 spiro atoms. The predicted octanol–water partition coefficient (Wildman–Crippen LogP) is 4.07. The van der Waals surface area contributed by atoms with E-state index in [0.29, 0.717) is 5.75 Å². The van der Waals surface area contributed by atoms with Crippen LogP contribution in [0, 0.1) is 0 Å². The molecule has 0 atom stereocenters. The molecule has 0 aliphatic heterocycles. The van der Waals surface area contributed by atoms with E-state index in [1.165, 1.54) is 0 Å². The molecule has 2 aromatic carbocycles. The molecule has 18 heavy (non-hydrogen) atoms. The van der Waals surface area contributed by atoms with Crippen molar-refractivity contribution in [3.63, 3.8) is 0 Å². The molecule has 2 heteroatoms. The molecule has 0 saturated heterocycles. The van der Waals surface area contributed by atoms with E-state index in [-0.39, 0.29) is 5.75 Å². The summed E-state index contributed by atoms with van der Waals surface area (Å²) in [6.07, 6.45) is 3.36. The van der Waals surface area contributed by atoms with E-state index in [2.05, 4.69) is 13.2 Å². The van der Waals surface area contributed by atoms with E-state index < -0.39 is 0 Å². The highest BCUT2D eigenvalue weighted by Gasteiger charge is 1.89. The molecular formula is C16H16O2. The Bertz CT molecular complexity index is 513. The van der Waals surface area contributed by atoms with E-state index in [4.69, 9.17) is 10.2 Å². The molecule has 0 amide bonds. The van der Waals surface area contributed by atoms with Gasteiger partial charge < -0.3 is 10.2 Å². The van der Waals surface area contributed by atoms with Gasteiger partial charge in [-0.3, -0.25) is 0 Å². The number of rotatable bonds is 2. The fourth-order valence-corrected chi connectivity index (χ4v) is 1.27. The van der Waals surface area contributed by atoms with Crippen molar-refractivity contribution in [2.24, 2.45) is 0 Å². The Balaban J connectivity index is 0.000000180. The average Bonchev–Trinajstić information content (AvgIpc) is 2.41. The third kappa shape index (κ3) is 4.18. The molecule has 0 aliphatic carbocycles. The zero-order valence-electron chi connectivity index (χ0n) is 10.1. The van der Waals surface area contributed by atoms with Crippen LogP contribution in [0.2, 0.25) is 0 Å². The minimum atomic E-state index is 0.285. The van der Waals surface area contributed by atoms with E-state index in [1.54, 1.807) is 36.4 Å². The maximum absolute atomic E-state index is 9.04. The Hall–Kier alpha value is -2.48. The molecule has 2 nitrogen and oxygen atoms in total. The standard InChI is InChI=1S/2C8H8O/c1-2-7-3-5-8(9)6-4-7;1-2-7-5-3-4-6-8(7)9/h2*2-6,9H,1H2. The molecule has 0 aliphatic rings. The Kier molecular flexibility index (Phi) is 5.26. The van der Waals surface area contributed by atoms with Crippen molar-refractivity contribution in [2.75, 3.05) is 0 Å². The largest absolute Gasteiger partial charge is 0.508 e. The van der Waals surface area contributed by atoms with Crippen LogP contribution in [0.1, 0.15) is 11.1 Å². The van der Waals surface area contributed by atoms with Crippen LogP contribution >= 0.6 is 0 Å². The molecule has 0 radical (unpaired) electrons. The number of aromatic hydroxyl groups is 2. The molecule has 0 unspecified atom stereocenters. The second-order valence-corrected chi connectivity index (χ2v) is 3.56. The SMILES string of the molecule is C=Cc1ccc(O)cc1.C=Cc1ccccc1O. The van der Waals surface area contributed by atoms with Crippen LogP contribution in [0.3, 0.4) is 0 Å². The fourth-order valence-electron chi connectivity index (χ4n) is 1.27. The summed E-state index contributed by atoms with van der Waals surface area (Å²) in [7, 11) is 0. The van der Waals surface area contributed by atoms with Crippen LogP contribution in [0.5, 0.6) is 11.5 Å². The Morgan fingerprint density at radius 1 is 0.778 bits per heavy atom. The van der Waals surface area contributed by atoms with Gasteiger partial charge in [0.15, 0.2) is 0 Å². The van der Waals surface area contributed by atoms with Gasteiger partial charge >= 0.3 is 0 Å². The maximum atomic E-state index is 9.04. The van der Waals surface area contributed by atoms with Gasteiger partial charge in [0.25, 0.3) is 0 Å². The first-order chi connectivity index (χ1) is 8.67. The lowest BCUT2D eigenvalue weighted by Crippen LogP contribution is -1.69. The van der Waals surface area contributed by atoms with E-state index in [1.807, 2.05) is 24.3 Å². The van der Waals surface area contributed by atoms with Crippen molar-refractivity contribution in [3.8, 4) is 11.5 Å². The molecule has 0 heterocycles. The molecule has 92 valence electrons. The predicted molar refractivity (Wildman–Crippen MR) is 76.4 cm³/mol. The quantitative estimate of drug-likeness (QED) is 0.830. The maximum Gasteiger partial charge on any atom is 0.122 e. The van der Waals surface area contributed by atoms with Gasteiger partial charge in [-0.05, 0) is 23.8 Å². The number of hydrogen-bond acceptors (Lipinski definition) is 2. The minimum absolute atomic E-state index is 0.285. The molecule has 0 saturated carbocycles.